The fourth-order valence-electron chi connectivity index (χ4n) is 1.70. The van der Waals surface area contributed by atoms with E-state index in [1.807, 2.05) is 23.5 Å². The number of quaternary nitrogens is 1. The summed E-state index contributed by atoms with van der Waals surface area (Å²) in [7, 11) is 3.17. The molecule has 0 unspecified atom stereocenters. The zero-order chi connectivity index (χ0) is 13.9. The second-order valence-electron chi connectivity index (χ2n) is 4.22. The van der Waals surface area contributed by atoms with Crippen LogP contribution in [0, 0.1) is 0 Å². The second kappa shape index (κ2) is 11.7. The third kappa shape index (κ3) is 8.12. The number of benzene rings is 1. The van der Waals surface area contributed by atoms with Crippen molar-refractivity contribution in [3.05, 3.63) is 35.9 Å². The van der Waals surface area contributed by atoms with E-state index >= 15 is 0 Å². The summed E-state index contributed by atoms with van der Waals surface area (Å²) in [5.41, 5.74) is 1.23. The third-order valence-electron chi connectivity index (χ3n) is 2.79. The Morgan fingerprint density at radius 3 is 2.50 bits per heavy atom. The van der Waals surface area contributed by atoms with E-state index in [1.54, 1.807) is 14.2 Å². The Balaban J connectivity index is 0.00000361. The number of carbonyl (C=O) groups excluding carboxylic acids is 1. The molecule has 0 aliphatic heterocycles. The molecule has 0 aliphatic rings. The number of hydrogen-bond acceptors (Lipinski definition) is 3. The van der Waals surface area contributed by atoms with Crippen molar-refractivity contribution in [2.45, 2.75) is 12.7 Å². The van der Waals surface area contributed by atoms with E-state index in [4.69, 9.17) is 9.47 Å². The van der Waals surface area contributed by atoms with Gasteiger partial charge in [-0.05, 0) is 12.0 Å². The van der Waals surface area contributed by atoms with Gasteiger partial charge >= 0.3 is 0 Å². The molecule has 0 spiro atoms. The summed E-state index contributed by atoms with van der Waals surface area (Å²) >= 11 is 0. The first-order valence-corrected chi connectivity index (χ1v) is 6.44. The lowest BCUT2D eigenvalue weighted by Gasteiger charge is -2.11. The molecule has 0 saturated heterocycles. The van der Waals surface area contributed by atoms with Crippen LogP contribution in [0.1, 0.15) is 5.56 Å². The van der Waals surface area contributed by atoms with E-state index in [0.717, 1.165) is 6.42 Å². The van der Waals surface area contributed by atoms with E-state index in [-0.39, 0.29) is 24.6 Å². The summed E-state index contributed by atoms with van der Waals surface area (Å²) in [6, 6.07) is 10.1. The predicted molar refractivity (Wildman–Crippen MR) is 72.6 cm³/mol. The normalized spacial score (nSPS) is 10.2. The van der Waals surface area contributed by atoms with Crippen LogP contribution in [0.15, 0.2) is 30.3 Å². The highest BCUT2D eigenvalue weighted by Crippen LogP contribution is 1.97. The summed E-state index contributed by atoms with van der Waals surface area (Å²) in [5, 5.41) is 4.76. The molecule has 0 aliphatic carbocycles. The van der Waals surface area contributed by atoms with Crippen LogP contribution in [0.25, 0.3) is 0 Å². The van der Waals surface area contributed by atoms with Crippen LogP contribution in [-0.4, -0.2) is 46.1 Å². The SMILES string of the molecule is COC(C[NH2+]CC(=O)NCCc1ccccc1)OC.[Cl-]. The molecule has 0 aromatic heterocycles. The van der Waals surface area contributed by atoms with E-state index in [9.17, 15) is 4.79 Å². The Hall–Kier alpha value is -1.14. The number of ether oxygens (including phenoxy) is 2. The van der Waals surface area contributed by atoms with Crippen LogP contribution in [0.5, 0.6) is 0 Å². The van der Waals surface area contributed by atoms with Crippen LogP contribution in [0.4, 0.5) is 0 Å². The number of nitrogens with two attached hydrogens (primary N) is 1. The van der Waals surface area contributed by atoms with Crippen LogP contribution in [0.3, 0.4) is 0 Å². The van der Waals surface area contributed by atoms with Gasteiger partial charge in [-0.1, -0.05) is 30.3 Å². The number of carbonyl (C=O) groups is 1. The molecule has 1 rings (SSSR count). The van der Waals surface area contributed by atoms with Gasteiger partial charge in [0.15, 0.2) is 6.54 Å². The molecule has 0 heterocycles. The van der Waals surface area contributed by atoms with Gasteiger partial charge in [-0.3, -0.25) is 4.79 Å². The number of hydrogen-bond donors (Lipinski definition) is 2. The summed E-state index contributed by atoms with van der Waals surface area (Å²) in [6.45, 7) is 1.66. The van der Waals surface area contributed by atoms with Gasteiger partial charge in [0.05, 0.1) is 0 Å². The molecule has 1 aromatic carbocycles. The average Bonchev–Trinajstić information content (AvgIpc) is 2.45. The molecule has 6 heteroatoms. The molecule has 20 heavy (non-hydrogen) atoms. The Kier molecular flexibility index (Phi) is 11.0. The topological polar surface area (TPSA) is 64.2 Å². The van der Waals surface area contributed by atoms with Crippen molar-refractivity contribution >= 4 is 5.91 Å². The molecule has 0 radical (unpaired) electrons. The molecular weight excluding hydrogens is 280 g/mol. The highest BCUT2D eigenvalue weighted by molar-refractivity contribution is 5.76. The van der Waals surface area contributed by atoms with E-state index in [0.29, 0.717) is 19.6 Å². The standard InChI is InChI=1S/C14H22N2O3.ClH/c1-18-14(19-2)11-15-10-13(17)16-9-8-12-6-4-3-5-7-12;/h3-7,14-15H,8-11H2,1-2H3,(H,16,17);1H. The van der Waals surface area contributed by atoms with Crippen LogP contribution in [0.2, 0.25) is 0 Å². The van der Waals surface area contributed by atoms with Crippen molar-refractivity contribution in [1.29, 1.82) is 0 Å². The van der Waals surface area contributed by atoms with Gasteiger partial charge in [-0.15, -0.1) is 0 Å². The minimum absolute atomic E-state index is 0. The van der Waals surface area contributed by atoms with Gasteiger partial charge in [-0.2, -0.15) is 0 Å². The van der Waals surface area contributed by atoms with Gasteiger partial charge in [0.1, 0.15) is 6.54 Å². The molecule has 3 N–H and O–H groups in total. The summed E-state index contributed by atoms with van der Waals surface area (Å²) < 4.78 is 10.1. The van der Waals surface area contributed by atoms with Crippen molar-refractivity contribution in [2.24, 2.45) is 0 Å². The number of methoxy groups -OCH3 is 2. The molecule has 1 amide bonds. The fraction of sp³-hybridized carbons (Fsp3) is 0.500. The monoisotopic (exact) mass is 302 g/mol. The number of amides is 1. The molecule has 0 atom stereocenters. The van der Waals surface area contributed by atoms with Gasteiger partial charge in [-0.25, -0.2) is 0 Å². The average molecular weight is 303 g/mol. The minimum atomic E-state index is -0.267. The van der Waals surface area contributed by atoms with E-state index in [1.165, 1.54) is 5.56 Å². The lowest BCUT2D eigenvalue weighted by Crippen LogP contribution is -3.00. The Morgan fingerprint density at radius 1 is 1.25 bits per heavy atom. The first-order valence-electron chi connectivity index (χ1n) is 6.44. The highest BCUT2D eigenvalue weighted by atomic mass is 35.5. The second-order valence-corrected chi connectivity index (χ2v) is 4.22. The van der Waals surface area contributed by atoms with E-state index in [2.05, 4.69) is 17.4 Å². The lowest BCUT2D eigenvalue weighted by molar-refractivity contribution is -0.657. The fourth-order valence-corrected chi connectivity index (χ4v) is 1.70. The molecule has 0 bridgehead atoms. The maximum Gasteiger partial charge on any atom is 0.275 e. The highest BCUT2D eigenvalue weighted by Gasteiger charge is 2.09. The molecule has 0 saturated carbocycles. The lowest BCUT2D eigenvalue weighted by atomic mass is 10.1. The molecule has 0 fully saturated rings. The van der Waals surface area contributed by atoms with E-state index < -0.39 is 0 Å². The smallest absolute Gasteiger partial charge is 0.275 e. The van der Waals surface area contributed by atoms with Gasteiger partial charge in [0, 0.05) is 20.8 Å². The van der Waals surface area contributed by atoms with Gasteiger partial charge < -0.3 is 32.5 Å². The van der Waals surface area contributed by atoms with Crippen molar-refractivity contribution in [3.8, 4) is 0 Å². The maximum absolute atomic E-state index is 11.6. The summed E-state index contributed by atoms with van der Waals surface area (Å²) in [6.07, 6.45) is 0.586. The number of rotatable bonds is 9. The molecular formula is C14H23ClN2O3. The number of halogens is 1. The van der Waals surface area contributed by atoms with Crippen LogP contribution in [-0.2, 0) is 20.7 Å². The number of nitrogens with one attached hydrogen (secondary N) is 1. The predicted octanol–water partition coefficient (Wildman–Crippen LogP) is -3.47. The Labute approximate surface area is 126 Å². The molecule has 1 aromatic rings. The largest absolute Gasteiger partial charge is 1.00 e. The van der Waals surface area contributed by atoms with Gasteiger partial charge in [0.2, 0.25) is 6.29 Å². The quantitative estimate of drug-likeness (QED) is 0.466. The minimum Gasteiger partial charge on any atom is -1.00 e. The van der Waals surface area contributed by atoms with Crippen molar-refractivity contribution in [2.75, 3.05) is 33.9 Å². The van der Waals surface area contributed by atoms with Crippen LogP contribution < -0.4 is 23.0 Å². The maximum atomic E-state index is 11.6. The van der Waals surface area contributed by atoms with Crippen molar-refractivity contribution < 1.29 is 32.0 Å². The van der Waals surface area contributed by atoms with Gasteiger partial charge in [0.25, 0.3) is 5.91 Å². The molecule has 114 valence electrons. The van der Waals surface area contributed by atoms with Crippen molar-refractivity contribution in [3.63, 3.8) is 0 Å². The Morgan fingerprint density at radius 2 is 1.90 bits per heavy atom. The first kappa shape index (κ1) is 18.9. The zero-order valence-corrected chi connectivity index (χ0v) is 12.7. The summed E-state index contributed by atoms with van der Waals surface area (Å²) in [4.78, 5) is 11.6. The van der Waals surface area contributed by atoms with Crippen LogP contribution >= 0.6 is 0 Å². The Bertz CT molecular complexity index is 359. The molecule has 5 nitrogen and oxygen atoms in total. The first-order chi connectivity index (χ1) is 9.26. The zero-order valence-electron chi connectivity index (χ0n) is 12.0. The van der Waals surface area contributed by atoms with Crippen molar-refractivity contribution in [1.82, 2.24) is 5.32 Å². The summed E-state index contributed by atoms with van der Waals surface area (Å²) in [5.74, 6) is 0.0295. The third-order valence-corrected chi connectivity index (χ3v) is 2.79.